The van der Waals surface area contributed by atoms with Gasteiger partial charge >= 0.3 is 0 Å². The summed E-state index contributed by atoms with van der Waals surface area (Å²) in [7, 11) is 4.13. The Balaban J connectivity index is 2.20. The first-order valence-electron chi connectivity index (χ1n) is 6.19. The van der Waals surface area contributed by atoms with Crippen molar-refractivity contribution in [2.45, 2.75) is 37.6 Å². The van der Waals surface area contributed by atoms with Crippen molar-refractivity contribution < 1.29 is 0 Å². The summed E-state index contributed by atoms with van der Waals surface area (Å²) in [6, 6.07) is 8.72. The van der Waals surface area contributed by atoms with Gasteiger partial charge in [0, 0.05) is 25.3 Å². The molecule has 1 fully saturated rings. The number of hydrogen-bond acceptors (Lipinski definition) is 2. The lowest BCUT2D eigenvalue weighted by molar-refractivity contribution is 0.302. The summed E-state index contributed by atoms with van der Waals surface area (Å²) in [5.74, 6) is 0. The lowest BCUT2D eigenvalue weighted by Gasteiger charge is -2.34. The van der Waals surface area contributed by atoms with E-state index < -0.39 is 0 Å². The Morgan fingerprint density at radius 2 is 1.56 bits per heavy atom. The summed E-state index contributed by atoms with van der Waals surface area (Å²) in [6.07, 6.45) is 6.15. The third-order valence-corrected chi connectivity index (χ3v) is 3.70. The first-order valence-corrected chi connectivity index (χ1v) is 6.19. The van der Waals surface area contributed by atoms with Gasteiger partial charge < -0.3 is 10.6 Å². The molecule has 2 nitrogen and oxygen atoms in total. The van der Waals surface area contributed by atoms with E-state index in [0.29, 0.717) is 0 Å². The minimum Gasteiger partial charge on any atom is -0.378 e. The Hall–Kier alpha value is -1.02. The average Bonchev–Trinajstić information content (AvgIpc) is 2.30. The SMILES string of the molecule is CN(C)c1ccc(C2(N)CCCCC2)cc1. The van der Waals surface area contributed by atoms with E-state index in [-0.39, 0.29) is 5.54 Å². The van der Waals surface area contributed by atoms with Crippen LogP contribution in [0.2, 0.25) is 0 Å². The number of hydrogen-bond donors (Lipinski definition) is 1. The molecule has 2 N–H and O–H groups in total. The van der Waals surface area contributed by atoms with Crippen molar-refractivity contribution in [1.29, 1.82) is 0 Å². The molecular weight excluding hydrogens is 196 g/mol. The standard InChI is InChI=1S/C14H22N2/c1-16(2)13-8-6-12(7-9-13)14(15)10-4-3-5-11-14/h6-9H,3-5,10-11,15H2,1-2H3. The largest absolute Gasteiger partial charge is 0.378 e. The van der Waals surface area contributed by atoms with Crippen molar-refractivity contribution in [2.24, 2.45) is 5.73 Å². The Morgan fingerprint density at radius 3 is 2.06 bits per heavy atom. The fraction of sp³-hybridized carbons (Fsp3) is 0.571. The van der Waals surface area contributed by atoms with Gasteiger partial charge in [-0.25, -0.2) is 0 Å². The van der Waals surface area contributed by atoms with Crippen molar-refractivity contribution in [3.8, 4) is 0 Å². The molecule has 0 radical (unpaired) electrons. The highest BCUT2D eigenvalue weighted by Crippen LogP contribution is 2.35. The summed E-state index contributed by atoms with van der Waals surface area (Å²) in [6.45, 7) is 0. The smallest absolute Gasteiger partial charge is 0.0409 e. The highest BCUT2D eigenvalue weighted by molar-refractivity contribution is 5.47. The second-order valence-electron chi connectivity index (χ2n) is 5.16. The first-order chi connectivity index (χ1) is 7.62. The predicted molar refractivity (Wildman–Crippen MR) is 69.7 cm³/mol. The Morgan fingerprint density at radius 1 is 1.00 bits per heavy atom. The van der Waals surface area contributed by atoms with Gasteiger partial charge in [0.15, 0.2) is 0 Å². The van der Waals surface area contributed by atoms with Gasteiger partial charge in [0.05, 0.1) is 0 Å². The van der Waals surface area contributed by atoms with E-state index >= 15 is 0 Å². The number of rotatable bonds is 2. The third kappa shape index (κ3) is 2.22. The van der Waals surface area contributed by atoms with E-state index in [4.69, 9.17) is 5.73 Å². The Kier molecular flexibility index (Phi) is 3.20. The molecule has 0 unspecified atom stereocenters. The molecular formula is C14H22N2. The fourth-order valence-electron chi connectivity index (χ4n) is 2.56. The van der Waals surface area contributed by atoms with Crippen molar-refractivity contribution >= 4 is 5.69 Å². The minimum absolute atomic E-state index is 0.0664. The molecule has 0 heterocycles. The molecule has 16 heavy (non-hydrogen) atoms. The molecule has 0 bridgehead atoms. The summed E-state index contributed by atoms with van der Waals surface area (Å²) >= 11 is 0. The van der Waals surface area contributed by atoms with E-state index in [1.807, 2.05) is 0 Å². The van der Waals surface area contributed by atoms with Crippen LogP contribution in [0.4, 0.5) is 5.69 Å². The number of nitrogens with two attached hydrogens (primary N) is 1. The van der Waals surface area contributed by atoms with Crippen molar-refractivity contribution in [3.63, 3.8) is 0 Å². The van der Waals surface area contributed by atoms with Crippen LogP contribution in [0.3, 0.4) is 0 Å². The zero-order valence-corrected chi connectivity index (χ0v) is 10.4. The number of anilines is 1. The first kappa shape index (κ1) is 11.5. The second-order valence-corrected chi connectivity index (χ2v) is 5.16. The molecule has 0 spiro atoms. The van der Waals surface area contributed by atoms with E-state index in [2.05, 4.69) is 43.3 Å². The third-order valence-electron chi connectivity index (χ3n) is 3.70. The molecule has 1 saturated carbocycles. The van der Waals surface area contributed by atoms with Crippen molar-refractivity contribution in [3.05, 3.63) is 29.8 Å². The van der Waals surface area contributed by atoms with E-state index in [9.17, 15) is 0 Å². The maximum Gasteiger partial charge on any atom is 0.0409 e. The summed E-state index contributed by atoms with van der Waals surface area (Å²) in [4.78, 5) is 2.12. The molecule has 1 aromatic carbocycles. The highest BCUT2D eigenvalue weighted by Gasteiger charge is 2.28. The number of nitrogens with zero attached hydrogens (tertiary/aromatic N) is 1. The summed E-state index contributed by atoms with van der Waals surface area (Å²) < 4.78 is 0. The Labute approximate surface area is 98.4 Å². The molecule has 88 valence electrons. The monoisotopic (exact) mass is 218 g/mol. The lowest BCUT2D eigenvalue weighted by Crippen LogP contribution is -2.38. The highest BCUT2D eigenvalue weighted by atomic mass is 15.1. The fourth-order valence-corrected chi connectivity index (χ4v) is 2.56. The average molecular weight is 218 g/mol. The molecule has 2 heteroatoms. The van der Waals surface area contributed by atoms with Crippen LogP contribution in [-0.2, 0) is 5.54 Å². The molecule has 0 atom stereocenters. The molecule has 0 saturated heterocycles. The van der Waals surface area contributed by atoms with E-state index in [0.717, 1.165) is 12.8 Å². The summed E-state index contributed by atoms with van der Waals surface area (Å²) in [5.41, 5.74) is 8.97. The van der Waals surface area contributed by atoms with Gasteiger partial charge in [-0.2, -0.15) is 0 Å². The molecule has 2 rings (SSSR count). The lowest BCUT2D eigenvalue weighted by atomic mass is 9.77. The predicted octanol–water partition coefficient (Wildman–Crippen LogP) is 2.87. The molecule has 1 aromatic rings. The molecule has 0 aromatic heterocycles. The van der Waals surface area contributed by atoms with Crippen LogP contribution in [0.15, 0.2) is 24.3 Å². The number of benzene rings is 1. The maximum atomic E-state index is 6.49. The van der Waals surface area contributed by atoms with Gasteiger partial charge in [0.2, 0.25) is 0 Å². The van der Waals surface area contributed by atoms with Crippen LogP contribution in [-0.4, -0.2) is 14.1 Å². The van der Waals surface area contributed by atoms with Crippen molar-refractivity contribution in [2.75, 3.05) is 19.0 Å². The maximum absolute atomic E-state index is 6.49. The van der Waals surface area contributed by atoms with Crippen LogP contribution in [0.5, 0.6) is 0 Å². The van der Waals surface area contributed by atoms with Gasteiger partial charge in [0.1, 0.15) is 0 Å². The van der Waals surface area contributed by atoms with Gasteiger partial charge in [-0.1, -0.05) is 31.4 Å². The zero-order valence-electron chi connectivity index (χ0n) is 10.4. The van der Waals surface area contributed by atoms with E-state index in [1.54, 1.807) is 0 Å². The van der Waals surface area contributed by atoms with Gasteiger partial charge in [-0.05, 0) is 30.5 Å². The second kappa shape index (κ2) is 4.46. The van der Waals surface area contributed by atoms with Crippen LogP contribution in [0, 0.1) is 0 Å². The van der Waals surface area contributed by atoms with Crippen LogP contribution in [0.1, 0.15) is 37.7 Å². The Bertz CT molecular complexity index is 334. The van der Waals surface area contributed by atoms with Gasteiger partial charge in [0.25, 0.3) is 0 Å². The quantitative estimate of drug-likeness (QED) is 0.827. The molecule has 1 aliphatic carbocycles. The summed E-state index contributed by atoms with van der Waals surface area (Å²) in [5, 5.41) is 0. The van der Waals surface area contributed by atoms with Crippen LogP contribution >= 0.6 is 0 Å². The minimum atomic E-state index is -0.0664. The normalized spacial score (nSPS) is 19.4. The zero-order chi connectivity index (χ0) is 11.6. The molecule has 0 aliphatic heterocycles. The molecule has 1 aliphatic rings. The van der Waals surface area contributed by atoms with Crippen molar-refractivity contribution in [1.82, 2.24) is 0 Å². The van der Waals surface area contributed by atoms with Gasteiger partial charge in [-0.3, -0.25) is 0 Å². The van der Waals surface area contributed by atoms with Crippen LogP contribution in [0.25, 0.3) is 0 Å². The van der Waals surface area contributed by atoms with Gasteiger partial charge in [-0.15, -0.1) is 0 Å². The van der Waals surface area contributed by atoms with Crippen LogP contribution < -0.4 is 10.6 Å². The topological polar surface area (TPSA) is 29.3 Å². The molecule has 0 amide bonds. The van der Waals surface area contributed by atoms with E-state index in [1.165, 1.54) is 30.5 Å².